The molecule has 47 heavy (non-hydrogen) atoms. The summed E-state index contributed by atoms with van der Waals surface area (Å²) in [4.78, 5) is 9.91. The Hall–Kier alpha value is -2.44. The molecule has 0 aliphatic carbocycles. The fourth-order valence-corrected chi connectivity index (χ4v) is 5.54. The van der Waals surface area contributed by atoms with E-state index in [9.17, 15) is 0 Å². The molecule has 0 spiro atoms. The number of hydrogen-bond acceptors (Lipinski definition) is 2. The van der Waals surface area contributed by atoms with Crippen molar-refractivity contribution in [2.24, 2.45) is 9.98 Å². The molecule has 2 nitrogen and oxygen atoms in total. The van der Waals surface area contributed by atoms with Gasteiger partial charge in [-0.2, -0.15) is 0 Å². The quantitative estimate of drug-likeness (QED) is 0.0445. The van der Waals surface area contributed by atoms with Crippen LogP contribution in [-0.2, 0) is 20.4 Å². The fraction of sp³-hybridized carbons (Fsp3) is 0.591. The number of unbranched alkanes of at least 4 members (excludes halogenated alkanes) is 19. The molecule has 2 aromatic carbocycles. The van der Waals surface area contributed by atoms with Crippen molar-refractivity contribution in [1.82, 2.24) is 0 Å². The average Bonchev–Trinajstić information content (AvgIpc) is 3.07. The minimum absolute atomic E-state index is 0. The molecular weight excluding hydrogens is 663 g/mol. The summed E-state index contributed by atoms with van der Waals surface area (Å²) in [6, 6.07) is 16.7. The van der Waals surface area contributed by atoms with Gasteiger partial charge in [0.15, 0.2) is 0 Å². The zero-order valence-electron chi connectivity index (χ0n) is 30.2. The first-order valence-electron chi connectivity index (χ1n) is 19.0. The summed E-state index contributed by atoms with van der Waals surface area (Å²) >= 11 is 0. The van der Waals surface area contributed by atoms with Crippen molar-refractivity contribution < 1.29 is 20.4 Å². The Labute approximate surface area is 304 Å². The van der Waals surface area contributed by atoms with E-state index in [-0.39, 0.29) is 20.4 Å². The molecule has 0 atom stereocenters. The maximum atomic E-state index is 5.06. The fourth-order valence-electron chi connectivity index (χ4n) is 5.54. The van der Waals surface area contributed by atoms with Gasteiger partial charge in [-0.1, -0.05) is 166 Å². The molecule has 0 aromatic heterocycles. The molecule has 0 unspecified atom stereocenters. The van der Waals surface area contributed by atoms with E-state index in [2.05, 4.69) is 93.0 Å². The molecule has 0 saturated heterocycles. The smallest absolute Gasteiger partial charge is 0.0646 e. The zero-order valence-corrected chi connectivity index (χ0v) is 31.7. The normalized spacial score (nSPS) is 11.1. The van der Waals surface area contributed by atoms with Crippen LogP contribution in [0.1, 0.15) is 180 Å². The summed E-state index contributed by atoms with van der Waals surface area (Å²) in [6.07, 6.45) is 30.9. The number of aliphatic imine (C=N–C) groups is 2. The van der Waals surface area contributed by atoms with Gasteiger partial charge in [0.25, 0.3) is 0 Å². The third-order valence-corrected chi connectivity index (χ3v) is 8.39. The molecule has 0 bridgehead atoms. The summed E-state index contributed by atoms with van der Waals surface area (Å²) in [5.74, 6) is 13.5. The van der Waals surface area contributed by atoms with Crippen LogP contribution in [0.3, 0.4) is 0 Å². The molecule has 0 radical (unpaired) electrons. The molecule has 0 saturated carbocycles. The van der Waals surface area contributed by atoms with Crippen LogP contribution in [0.4, 0.5) is 11.4 Å². The Kier molecular flexibility index (Phi) is 28.0. The number of benzene rings is 2. The van der Waals surface area contributed by atoms with Crippen molar-refractivity contribution >= 4 is 23.3 Å². The van der Waals surface area contributed by atoms with Gasteiger partial charge in [0.05, 0.1) is 17.1 Å². The van der Waals surface area contributed by atoms with Crippen LogP contribution in [-0.4, -0.2) is 11.9 Å². The first kappa shape index (κ1) is 42.6. The predicted octanol–water partition coefficient (Wildman–Crippen LogP) is 13.9. The maximum Gasteiger partial charge on any atom is 0.0646 e. The molecule has 3 heteroatoms. The van der Waals surface area contributed by atoms with Crippen LogP contribution >= 0.6 is 0 Å². The second-order valence-corrected chi connectivity index (χ2v) is 12.8. The molecule has 260 valence electrons. The largest absolute Gasteiger partial charge is 0.255 e. The van der Waals surface area contributed by atoms with E-state index >= 15 is 0 Å². The van der Waals surface area contributed by atoms with Crippen LogP contribution in [0.2, 0.25) is 0 Å². The summed E-state index contributed by atoms with van der Waals surface area (Å²) in [5.41, 5.74) is 5.00. The van der Waals surface area contributed by atoms with Crippen molar-refractivity contribution in [2.45, 2.75) is 168 Å². The number of rotatable bonds is 24. The molecular formula is C44H64N2Pd. The Balaban J connectivity index is 0.0000110. The van der Waals surface area contributed by atoms with Gasteiger partial charge in [-0.05, 0) is 62.1 Å². The Morgan fingerprint density at radius 1 is 0.532 bits per heavy atom. The average molecular weight is 727 g/mol. The second kappa shape index (κ2) is 30.9. The Morgan fingerprint density at radius 3 is 1.47 bits per heavy atom. The SMILES string of the molecule is CCCCCCCCCC#Cc1cccc(N=CC(CCCCCCCC)=Nc2cccc(C#CCCCCCCCCC)c2)c1.[Pd]. The van der Waals surface area contributed by atoms with Gasteiger partial charge in [0.2, 0.25) is 0 Å². The van der Waals surface area contributed by atoms with E-state index in [1.54, 1.807) is 0 Å². The van der Waals surface area contributed by atoms with Crippen LogP contribution in [0, 0.1) is 23.7 Å². The first-order valence-corrected chi connectivity index (χ1v) is 19.0. The molecule has 2 aromatic rings. The van der Waals surface area contributed by atoms with Gasteiger partial charge >= 0.3 is 0 Å². The van der Waals surface area contributed by atoms with E-state index < -0.39 is 0 Å². The van der Waals surface area contributed by atoms with Gasteiger partial charge in [0.1, 0.15) is 0 Å². The molecule has 0 heterocycles. The van der Waals surface area contributed by atoms with Gasteiger partial charge in [0, 0.05) is 50.6 Å². The molecule has 0 amide bonds. The number of hydrogen-bond donors (Lipinski definition) is 0. The molecule has 2 rings (SSSR count). The standard InChI is InChI=1S/C44H64N2.Pd/c1-4-7-10-13-16-18-20-22-25-30-40-32-28-35-42(37-40)45-39-44(34-27-24-15-12-9-6-3)46-43-36-29-33-41(38-43)31-26-23-21-19-17-14-11-8-5-2;/h28-29,32-33,35-39H,4-24,27,34H2,1-3H3;. The monoisotopic (exact) mass is 726 g/mol. The topological polar surface area (TPSA) is 24.7 Å². The van der Waals surface area contributed by atoms with Crippen LogP contribution in [0.25, 0.3) is 0 Å². The van der Waals surface area contributed by atoms with Crippen molar-refractivity contribution in [3.8, 4) is 23.7 Å². The van der Waals surface area contributed by atoms with Crippen molar-refractivity contribution in [1.29, 1.82) is 0 Å². The maximum absolute atomic E-state index is 5.06. The predicted molar refractivity (Wildman–Crippen MR) is 205 cm³/mol. The third kappa shape index (κ3) is 23.5. The summed E-state index contributed by atoms with van der Waals surface area (Å²) in [7, 11) is 0. The minimum Gasteiger partial charge on any atom is -0.255 e. The van der Waals surface area contributed by atoms with Gasteiger partial charge in [-0.3, -0.25) is 9.98 Å². The van der Waals surface area contributed by atoms with E-state index in [1.807, 2.05) is 6.21 Å². The summed E-state index contributed by atoms with van der Waals surface area (Å²) in [5, 5.41) is 0. The van der Waals surface area contributed by atoms with Crippen LogP contribution < -0.4 is 0 Å². The molecule has 0 fully saturated rings. The van der Waals surface area contributed by atoms with Crippen LogP contribution in [0.5, 0.6) is 0 Å². The van der Waals surface area contributed by atoms with E-state index in [4.69, 9.17) is 9.98 Å². The van der Waals surface area contributed by atoms with Crippen LogP contribution in [0.15, 0.2) is 58.5 Å². The zero-order chi connectivity index (χ0) is 32.8. The molecule has 0 aliphatic heterocycles. The Bertz CT molecular complexity index is 1240. The molecule has 0 aliphatic rings. The third-order valence-electron chi connectivity index (χ3n) is 8.39. The summed E-state index contributed by atoms with van der Waals surface area (Å²) < 4.78 is 0. The van der Waals surface area contributed by atoms with Crippen molar-refractivity contribution in [3.63, 3.8) is 0 Å². The Morgan fingerprint density at radius 2 is 0.957 bits per heavy atom. The van der Waals surface area contributed by atoms with E-state index in [0.717, 1.165) is 53.9 Å². The second-order valence-electron chi connectivity index (χ2n) is 12.8. The minimum atomic E-state index is 0. The van der Waals surface area contributed by atoms with Crippen molar-refractivity contribution in [2.75, 3.05) is 0 Å². The number of nitrogens with zero attached hydrogens (tertiary/aromatic N) is 2. The van der Waals surface area contributed by atoms with E-state index in [0.29, 0.717) is 0 Å². The molecule has 0 N–H and O–H groups in total. The van der Waals surface area contributed by atoms with Gasteiger partial charge in [-0.15, -0.1) is 0 Å². The first-order chi connectivity index (χ1) is 22.7. The van der Waals surface area contributed by atoms with E-state index in [1.165, 1.54) is 122 Å². The van der Waals surface area contributed by atoms with Gasteiger partial charge < -0.3 is 0 Å². The summed E-state index contributed by atoms with van der Waals surface area (Å²) in [6.45, 7) is 6.81. The van der Waals surface area contributed by atoms with Crippen molar-refractivity contribution in [3.05, 3.63) is 59.7 Å². The van der Waals surface area contributed by atoms with Gasteiger partial charge in [-0.25, -0.2) is 0 Å².